The van der Waals surface area contributed by atoms with Crippen LogP contribution in [0.1, 0.15) is 24.8 Å². The fourth-order valence-electron chi connectivity index (χ4n) is 1.76. The first-order chi connectivity index (χ1) is 7.31. The van der Waals surface area contributed by atoms with Gasteiger partial charge in [0, 0.05) is 29.4 Å². The average molecular weight is 226 g/mol. The van der Waals surface area contributed by atoms with Gasteiger partial charge in [-0.25, -0.2) is 0 Å². The third-order valence-corrected chi connectivity index (χ3v) is 3.23. The van der Waals surface area contributed by atoms with E-state index in [1.165, 1.54) is 19.3 Å². The van der Waals surface area contributed by atoms with E-state index >= 15 is 0 Å². The number of methoxy groups -OCH3 is 1. The molecule has 1 aliphatic rings. The van der Waals surface area contributed by atoms with E-state index < -0.39 is 0 Å². The van der Waals surface area contributed by atoms with Crippen molar-refractivity contribution in [1.29, 1.82) is 0 Å². The third-order valence-electron chi connectivity index (χ3n) is 2.87. The van der Waals surface area contributed by atoms with Gasteiger partial charge >= 0.3 is 0 Å². The van der Waals surface area contributed by atoms with Crippen LogP contribution in [-0.4, -0.2) is 13.2 Å². The first-order valence-corrected chi connectivity index (χ1v) is 5.72. The first-order valence-electron chi connectivity index (χ1n) is 5.34. The van der Waals surface area contributed by atoms with Gasteiger partial charge in [-0.15, -0.1) is 0 Å². The van der Waals surface area contributed by atoms with Crippen LogP contribution in [0.4, 0.5) is 5.69 Å². The van der Waals surface area contributed by atoms with E-state index in [0.717, 1.165) is 16.3 Å². The summed E-state index contributed by atoms with van der Waals surface area (Å²) in [4.78, 5) is 0. The van der Waals surface area contributed by atoms with E-state index in [-0.39, 0.29) is 0 Å². The van der Waals surface area contributed by atoms with Gasteiger partial charge in [-0.3, -0.25) is 0 Å². The van der Waals surface area contributed by atoms with Gasteiger partial charge in [0.2, 0.25) is 0 Å². The molecule has 2 nitrogen and oxygen atoms in total. The zero-order chi connectivity index (χ0) is 10.7. The van der Waals surface area contributed by atoms with Crippen molar-refractivity contribution in [3.8, 4) is 0 Å². The highest BCUT2D eigenvalue weighted by atomic mass is 35.5. The van der Waals surface area contributed by atoms with Gasteiger partial charge in [-0.1, -0.05) is 17.7 Å². The smallest absolute Gasteiger partial charge is 0.0747 e. The highest BCUT2D eigenvalue weighted by Gasteiger charge is 2.18. The predicted octanol–water partition coefficient (Wildman–Crippen LogP) is 3.45. The number of halogens is 1. The number of hydrogen-bond acceptors (Lipinski definition) is 2. The first kappa shape index (κ1) is 10.8. The summed E-state index contributed by atoms with van der Waals surface area (Å²) in [5.74, 6) is 0. The molecule has 1 aromatic rings. The quantitative estimate of drug-likeness (QED) is 0.848. The van der Waals surface area contributed by atoms with Crippen molar-refractivity contribution in [2.45, 2.75) is 31.9 Å². The molecule has 1 fully saturated rings. The lowest BCUT2D eigenvalue weighted by Gasteiger charge is -2.28. The molecular weight excluding hydrogens is 210 g/mol. The van der Waals surface area contributed by atoms with Crippen molar-refractivity contribution < 1.29 is 4.74 Å². The molecule has 0 atom stereocenters. The molecule has 0 unspecified atom stereocenters. The minimum absolute atomic E-state index is 0.564. The van der Waals surface area contributed by atoms with Crippen molar-refractivity contribution in [2.24, 2.45) is 0 Å². The standard InChI is InChI=1S/C12H16ClNO/c1-15-8-10-11(13)6-3-7-12(10)14-9-4-2-5-9/h3,6-7,9,14H,2,4-5,8H2,1H3. The van der Waals surface area contributed by atoms with Gasteiger partial charge in [0.05, 0.1) is 6.61 Å². The number of nitrogens with one attached hydrogen (secondary N) is 1. The van der Waals surface area contributed by atoms with Gasteiger partial charge < -0.3 is 10.1 Å². The minimum Gasteiger partial charge on any atom is -0.382 e. The predicted molar refractivity (Wildman–Crippen MR) is 63.4 cm³/mol. The second-order valence-corrected chi connectivity index (χ2v) is 4.38. The van der Waals surface area contributed by atoms with Crippen LogP contribution < -0.4 is 5.32 Å². The maximum Gasteiger partial charge on any atom is 0.0747 e. The fourth-order valence-corrected chi connectivity index (χ4v) is 1.99. The van der Waals surface area contributed by atoms with Crippen LogP contribution in [0.3, 0.4) is 0 Å². The van der Waals surface area contributed by atoms with Crippen LogP contribution in [0.25, 0.3) is 0 Å². The van der Waals surface area contributed by atoms with E-state index in [9.17, 15) is 0 Å². The van der Waals surface area contributed by atoms with E-state index in [0.29, 0.717) is 12.6 Å². The second-order valence-electron chi connectivity index (χ2n) is 3.97. The molecule has 0 amide bonds. The Hall–Kier alpha value is -0.730. The molecule has 1 aromatic carbocycles. The van der Waals surface area contributed by atoms with E-state index in [4.69, 9.17) is 16.3 Å². The lowest BCUT2D eigenvalue weighted by atomic mass is 9.92. The molecule has 15 heavy (non-hydrogen) atoms. The number of ether oxygens (including phenoxy) is 1. The zero-order valence-corrected chi connectivity index (χ0v) is 9.68. The molecule has 0 heterocycles. The number of anilines is 1. The Morgan fingerprint density at radius 2 is 2.27 bits per heavy atom. The summed E-state index contributed by atoms with van der Waals surface area (Å²) in [6.07, 6.45) is 3.86. The van der Waals surface area contributed by atoms with Crippen molar-refractivity contribution >= 4 is 17.3 Å². The Morgan fingerprint density at radius 1 is 1.47 bits per heavy atom. The SMILES string of the molecule is COCc1c(Cl)cccc1NC1CCC1. The molecule has 0 bridgehead atoms. The van der Waals surface area contributed by atoms with Gasteiger partial charge in [-0.05, 0) is 31.4 Å². The van der Waals surface area contributed by atoms with E-state index in [1.807, 2.05) is 12.1 Å². The highest BCUT2D eigenvalue weighted by Crippen LogP contribution is 2.29. The van der Waals surface area contributed by atoms with Crippen LogP contribution in [0.5, 0.6) is 0 Å². The van der Waals surface area contributed by atoms with Crippen LogP contribution in [-0.2, 0) is 11.3 Å². The van der Waals surface area contributed by atoms with E-state index in [2.05, 4.69) is 11.4 Å². The normalized spacial score (nSPS) is 16.1. The average Bonchev–Trinajstić information content (AvgIpc) is 2.16. The second kappa shape index (κ2) is 4.86. The largest absolute Gasteiger partial charge is 0.382 e. The molecule has 3 heteroatoms. The molecule has 0 spiro atoms. The fraction of sp³-hybridized carbons (Fsp3) is 0.500. The Labute approximate surface area is 95.6 Å². The summed E-state index contributed by atoms with van der Waals surface area (Å²) in [7, 11) is 1.69. The van der Waals surface area contributed by atoms with Crippen molar-refractivity contribution in [1.82, 2.24) is 0 Å². The number of hydrogen-bond donors (Lipinski definition) is 1. The zero-order valence-electron chi connectivity index (χ0n) is 8.92. The minimum atomic E-state index is 0.564. The van der Waals surface area contributed by atoms with Crippen LogP contribution in [0.2, 0.25) is 5.02 Å². The molecular formula is C12H16ClNO. The van der Waals surface area contributed by atoms with Gasteiger partial charge in [0.25, 0.3) is 0 Å². The third kappa shape index (κ3) is 2.44. The molecule has 82 valence electrons. The van der Waals surface area contributed by atoms with Crippen LogP contribution in [0, 0.1) is 0 Å². The van der Waals surface area contributed by atoms with Gasteiger partial charge in [0.1, 0.15) is 0 Å². The summed E-state index contributed by atoms with van der Waals surface area (Å²) in [6.45, 7) is 0.564. The molecule has 2 rings (SSSR count). The molecule has 0 aliphatic heterocycles. The van der Waals surface area contributed by atoms with Gasteiger partial charge in [0.15, 0.2) is 0 Å². The van der Waals surface area contributed by atoms with Crippen molar-refractivity contribution in [2.75, 3.05) is 12.4 Å². The maximum atomic E-state index is 6.13. The van der Waals surface area contributed by atoms with E-state index in [1.54, 1.807) is 7.11 Å². The summed E-state index contributed by atoms with van der Waals surface area (Å²) in [5.41, 5.74) is 2.18. The lowest BCUT2D eigenvalue weighted by Crippen LogP contribution is -2.27. The lowest BCUT2D eigenvalue weighted by molar-refractivity contribution is 0.185. The topological polar surface area (TPSA) is 21.3 Å². The molecule has 1 N–H and O–H groups in total. The van der Waals surface area contributed by atoms with Crippen LogP contribution in [0.15, 0.2) is 18.2 Å². The number of benzene rings is 1. The van der Waals surface area contributed by atoms with Crippen molar-refractivity contribution in [3.63, 3.8) is 0 Å². The molecule has 1 saturated carbocycles. The molecule has 0 saturated heterocycles. The summed E-state index contributed by atoms with van der Waals surface area (Å²) < 4.78 is 5.16. The van der Waals surface area contributed by atoms with Crippen molar-refractivity contribution in [3.05, 3.63) is 28.8 Å². The summed E-state index contributed by atoms with van der Waals surface area (Å²) >= 11 is 6.13. The summed E-state index contributed by atoms with van der Waals surface area (Å²) in [5, 5.41) is 4.29. The van der Waals surface area contributed by atoms with Crippen LogP contribution >= 0.6 is 11.6 Å². The molecule has 0 aromatic heterocycles. The Morgan fingerprint density at radius 3 is 2.87 bits per heavy atom. The number of rotatable bonds is 4. The molecule has 1 aliphatic carbocycles. The maximum absolute atomic E-state index is 6.13. The Bertz CT molecular complexity index is 336. The highest BCUT2D eigenvalue weighted by molar-refractivity contribution is 6.31. The Kier molecular flexibility index (Phi) is 3.49. The van der Waals surface area contributed by atoms with Gasteiger partial charge in [-0.2, -0.15) is 0 Å². The summed E-state index contributed by atoms with van der Waals surface area (Å²) in [6, 6.07) is 6.57. The Balaban J connectivity index is 2.15. The monoisotopic (exact) mass is 225 g/mol. The molecule has 0 radical (unpaired) electrons.